The Morgan fingerprint density at radius 1 is 0.800 bits per heavy atom. The zero-order valence-corrected chi connectivity index (χ0v) is 13.8. The molecule has 0 N–H and O–H groups in total. The van der Waals surface area contributed by atoms with Crippen molar-refractivity contribution in [3.8, 4) is 0 Å². The van der Waals surface area contributed by atoms with Crippen molar-refractivity contribution in [2.45, 2.75) is 6.54 Å². The van der Waals surface area contributed by atoms with E-state index in [9.17, 15) is 0 Å². The van der Waals surface area contributed by atoms with Gasteiger partial charge in [0, 0.05) is 0 Å². The van der Waals surface area contributed by atoms with Crippen LogP contribution in [0.25, 0.3) is 5.32 Å². The first-order valence-electron chi connectivity index (χ1n) is 5.95. The summed E-state index contributed by atoms with van der Waals surface area (Å²) >= 11 is 0. The molecule has 20 heavy (non-hydrogen) atoms. The summed E-state index contributed by atoms with van der Waals surface area (Å²) in [4.78, 5) is 3.50. The predicted octanol–water partition coefficient (Wildman–Crippen LogP) is 3.32. The third-order valence-electron chi connectivity index (χ3n) is 2.35. The third-order valence-corrected chi connectivity index (χ3v) is 2.35. The van der Waals surface area contributed by atoms with Gasteiger partial charge in [-0.3, -0.25) is 0 Å². The minimum absolute atomic E-state index is 0. The zero-order valence-electron chi connectivity index (χ0n) is 11.0. The van der Waals surface area contributed by atoms with E-state index in [1.807, 2.05) is 48.5 Å². The Morgan fingerprint density at radius 3 is 1.85 bits per heavy atom. The van der Waals surface area contributed by atoms with E-state index in [1.165, 1.54) is 18.2 Å². The average molecular weight is 339 g/mol. The second-order valence-electron chi connectivity index (χ2n) is 3.75. The molecule has 1 aromatic heterocycles. The van der Waals surface area contributed by atoms with Gasteiger partial charge in [0.05, 0.1) is 0 Å². The molecular formula is C15H14N4Y+. The molecule has 0 amide bonds. The van der Waals surface area contributed by atoms with Crippen molar-refractivity contribution in [2.75, 3.05) is 0 Å². The summed E-state index contributed by atoms with van der Waals surface area (Å²) in [6.07, 6.45) is 2.78. The number of hydrogen-bond donors (Lipinski definition) is 0. The van der Waals surface area contributed by atoms with E-state index in [2.05, 4.69) is 32.6 Å². The maximum Gasteiger partial charge on any atom is 3.00 e. The minimum Gasteiger partial charge on any atom is -0.681 e. The molecule has 1 heterocycles. The van der Waals surface area contributed by atoms with Crippen LogP contribution in [0, 0.1) is 0 Å². The molecule has 3 rings (SSSR count). The summed E-state index contributed by atoms with van der Waals surface area (Å²) in [6.45, 7) is 0.755. The first kappa shape index (κ1) is 16.5. The second kappa shape index (κ2) is 10.3. The summed E-state index contributed by atoms with van der Waals surface area (Å²) in [7, 11) is 0. The molecule has 0 fully saturated rings. The summed E-state index contributed by atoms with van der Waals surface area (Å²) < 4.78 is 0. The molecule has 0 bridgehead atoms. The molecule has 0 unspecified atom stereocenters. The number of para-hydroxylation sites is 1. The summed E-state index contributed by atoms with van der Waals surface area (Å²) in [5.41, 5.74) is 2.28. The van der Waals surface area contributed by atoms with Crippen LogP contribution < -0.4 is 4.98 Å². The van der Waals surface area contributed by atoms with Crippen molar-refractivity contribution in [1.82, 2.24) is 15.2 Å². The Balaban J connectivity index is 0.000000283. The van der Waals surface area contributed by atoms with Crippen molar-refractivity contribution in [1.29, 1.82) is 0 Å². The quantitative estimate of drug-likeness (QED) is 0.736. The Bertz CT molecular complexity index is 484. The molecule has 0 aliphatic rings. The van der Waals surface area contributed by atoms with Crippen LogP contribution in [-0.4, -0.2) is 10.2 Å². The second-order valence-corrected chi connectivity index (χ2v) is 3.75. The van der Waals surface area contributed by atoms with Crippen LogP contribution in [0.2, 0.25) is 0 Å². The van der Waals surface area contributed by atoms with Crippen molar-refractivity contribution < 1.29 is 32.7 Å². The van der Waals surface area contributed by atoms with Crippen LogP contribution in [0.15, 0.2) is 73.3 Å². The molecule has 3 aromatic rings. The van der Waals surface area contributed by atoms with E-state index in [4.69, 9.17) is 0 Å². The normalized spacial score (nSPS) is 8.80. The van der Waals surface area contributed by atoms with Gasteiger partial charge in [-0.05, 0) is 12.7 Å². The van der Waals surface area contributed by atoms with Crippen molar-refractivity contribution in [3.63, 3.8) is 0 Å². The van der Waals surface area contributed by atoms with Crippen LogP contribution in [0.1, 0.15) is 5.56 Å². The van der Waals surface area contributed by atoms with Gasteiger partial charge in [0.2, 0.25) is 0 Å². The standard InChI is InChI=1S/C13H12N.C2H2N3.Y/c1-3-7-12(8-4-1)11-14-13-9-5-2-6-10-13;1-3-2-5-4-1;/h1-10H,11H2;1-2H;/q2*-1;+3. The molecule has 0 spiro atoms. The van der Waals surface area contributed by atoms with Crippen molar-refractivity contribution >= 4 is 5.69 Å². The minimum atomic E-state index is 0. The Labute approximate surface area is 143 Å². The molecule has 2 aromatic carbocycles. The van der Waals surface area contributed by atoms with Crippen molar-refractivity contribution in [3.05, 3.63) is 84.2 Å². The maximum absolute atomic E-state index is 4.48. The fraction of sp³-hybridized carbons (Fsp3) is 0.0667. The first-order valence-corrected chi connectivity index (χ1v) is 5.95. The van der Waals surface area contributed by atoms with Gasteiger partial charge in [0.25, 0.3) is 0 Å². The Kier molecular flexibility index (Phi) is 8.51. The van der Waals surface area contributed by atoms with Gasteiger partial charge >= 0.3 is 32.7 Å². The molecule has 0 radical (unpaired) electrons. The van der Waals surface area contributed by atoms with Gasteiger partial charge < -0.3 is 20.5 Å². The largest absolute Gasteiger partial charge is 3.00 e. The van der Waals surface area contributed by atoms with Gasteiger partial charge in [-0.15, -0.1) is 12.2 Å². The van der Waals surface area contributed by atoms with Gasteiger partial charge in [-0.25, -0.2) is 0 Å². The van der Waals surface area contributed by atoms with Crippen LogP contribution in [0.3, 0.4) is 0 Å². The Hall–Kier alpha value is -1.52. The SMILES string of the molecule is [Y+3].c1ccc(C[N-]c2ccccc2)cc1.c1nnc[n-]1. The molecule has 4 nitrogen and oxygen atoms in total. The number of nitrogens with zero attached hydrogens (tertiary/aromatic N) is 4. The number of aromatic nitrogens is 3. The number of benzene rings is 2. The van der Waals surface area contributed by atoms with E-state index in [0.717, 1.165) is 12.2 Å². The number of hydrogen-bond acceptors (Lipinski definition) is 2. The third kappa shape index (κ3) is 6.59. The first-order chi connectivity index (χ1) is 9.45. The molecule has 5 heteroatoms. The van der Waals surface area contributed by atoms with Gasteiger partial charge in [-0.2, -0.15) is 0 Å². The molecule has 0 aliphatic heterocycles. The molecule has 0 saturated carbocycles. The molecule has 0 atom stereocenters. The van der Waals surface area contributed by atoms with Gasteiger partial charge in [-0.1, -0.05) is 66.2 Å². The fourth-order valence-electron chi connectivity index (χ4n) is 1.45. The smallest absolute Gasteiger partial charge is 0.681 e. The monoisotopic (exact) mass is 339 g/mol. The maximum atomic E-state index is 4.48. The van der Waals surface area contributed by atoms with E-state index in [-0.39, 0.29) is 32.7 Å². The van der Waals surface area contributed by atoms with E-state index >= 15 is 0 Å². The molecular weight excluding hydrogens is 325 g/mol. The van der Waals surface area contributed by atoms with Crippen LogP contribution >= 0.6 is 0 Å². The Morgan fingerprint density at radius 2 is 1.35 bits per heavy atom. The van der Waals surface area contributed by atoms with Gasteiger partial charge in [0.15, 0.2) is 0 Å². The molecule has 0 saturated heterocycles. The van der Waals surface area contributed by atoms with E-state index in [1.54, 1.807) is 0 Å². The average Bonchev–Trinajstić information content (AvgIpc) is 3.07. The van der Waals surface area contributed by atoms with Crippen LogP contribution in [-0.2, 0) is 39.3 Å². The van der Waals surface area contributed by atoms with E-state index < -0.39 is 0 Å². The zero-order chi connectivity index (χ0) is 13.2. The van der Waals surface area contributed by atoms with Crippen molar-refractivity contribution in [2.24, 2.45) is 0 Å². The summed E-state index contributed by atoms with van der Waals surface area (Å²) in [5.74, 6) is 0. The van der Waals surface area contributed by atoms with E-state index in [0.29, 0.717) is 0 Å². The summed E-state index contributed by atoms with van der Waals surface area (Å²) in [6, 6.07) is 20.3. The van der Waals surface area contributed by atoms with Crippen LogP contribution in [0.4, 0.5) is 5.69 Å². The molecule has 96 valence electrons. The van der Waals surface area contributed by atoms with Gasteiger partial charge in [0.1, 0.15) is 0 Å². The summed E-state index contributed by atoms with van der Waals surface area (Å²) in [5, 5.41) is 11.2. The fourth-order valence-corrected chi connectivity index (χ4v) is 1.45. The molecule has 0 aliphatic carbocycles. The number of rotatable bonds is 3. The predicted molar refractivity (Wildman–Crippen MR) is 75.0 cm³/mol. The van der Waals surface area contributed by atoms with Crippen LogP contribution in [0.5, 0.6) is 0 Å². The topological polar surface area (TPSA) is 54.0 Å².